The van der Waals surface area contributed by atoms with Gasteiger partial charge in [0.2, 0.25) is 0 Å². The van der Waals surface area contributed by atoms with Crippen molar-refractivity contribution in [2.24, 2.45) is 0 Å². The number of nitro groups is 1. The molecule has 2 aromatic rings. The van der Waals surface area contributed by atoms with E-state index in [-0.39, 0.29) is 18.5 Å². The lowest BCUT2D eigenvalue weighted by molar-refractivity contribution is -0.384. The van der Waals surface area contributed by atoms with Crippen LogP contribution in [0.25, 0.3) is 11.1 Å². The van der Waals surface area contributed by atoms with Gasteiger partial charge in [0.25, 0.3) is 5.69 Å². The summed E-state index contributed by atoms with van der Waals surface area (Å²) < 4.78 is 0. The maximum atomic E-state index is 11.2. The molecule has 0 aliphatic rings. The summed E-state index contributed by atoms with van der Waals surface area (Å²) in [5.74, 6) is -0.962. The molecule has 2 rings (SSSR count). The molecular formula is C17H17NO5. The number of hydrogen-bond donors (Lipinski definition) is 2. The van der Waals surface area contributed by atoms with Crippen molar-refractivity contribution in [3.8, 4) is 11.1 Å². The average Bonchev–Trinajstić information content (AvgIpc) is 2.52. The van der Waals surface area contributed by atoms with Gasteiger partial charge in [-0.05, 0) is 36.1 Å². The van der Waals surface area contributed by atoms with Gasteiger partial charge in [0.1, 0.15) is 0 Å². The van der Waals surface area contributed by atoms with Crippen LogP contribution < -0.4 is 0 Å². The Hall–Kier alpha value is -2.73. The summed E-state index contributed by atoms with van der Waals surface area (Å²) in [6, 6.07) is 11.7. The highest BCUT2D eigenvalue weighted by Crippen LogP contribution is 2.31. The van der Waals surface area contributed by atoms with Crippen LogP contribution in [0.1, 0.15) is 30.1 Å². The average molecular weight is 315 g/mol. The molecule has 6 heteroatoms. The summed E-state index contributed by atoms with van der Waals surface area (Å²) in [5, 5.41) is 29.8. The van der Waals surface area contributed by atoms with E-state index in [1.807, 2.05) is 0 Å². The molecule has 0 saturated carbocycles. The van der Waals surface area contributed by atoms with Crippen LogP contribution in [0, 0.1) is 17.0 Å². The predicted octanol–water partition coefficient (Wildman–Crippen LogP) is 3.47. The first kappa shape index (κ1) is 16.6. The Kier molecular flexibility index (Phi) is 5.08. The second kappa shape index (κ2) is 7.02. The standard InChI is InChI=1S/C17H17NO5/c1-11-2-7-14(15(10-11)18(22)23)12-3-5-13(6-4-12)16(19)8-9-17(20)21/h2-7,10,16,19H,8-9H2,1H3,(H,20,21). The van der Waals surface area contributed by atoms with Crippen LogP contribution >= 0.6 is 0 Å². The van der Waals surface area contributed by atoms with E-state index in [0.717, 1.165) is 5.56 Å². The fourth-order valence-electron chi connectivity index (χ4n) is 2.35. The molecule has 2 aromatic carbocycles. The van der Waals surface area contributed by atoms with Gasteiger partial charge in [-0.25, -0.2) is 0 Å². The molecule has 0 aliphatic carbocycles. The molecule has 0 aromatic heterocycles. The number of carboxylic acid groups (broad SMARTS) is 1. The van der Waals surface area contributed by atoms with Gasteiger partial charge in [-0.3, -0.25) is 14.9 Å². The molecule has 0 amide bonds. The van der Waals surface area contributed by atoms with Gasteiger partial charge in [0.05, 0.1) is 16.6 Å². The molecule has 1 atom stereocenters. The zero-order chi connectivity index (χ0) is 17.0. The molecule has 1 unspecified atom stereocenters. The first-order chi connectivity index (χ1) is 10.9. The highest BCUT2D eigenvalue weighted by atomic mass is 16.6. The molecule has 0 radical (unpaired) electrons. The SMILES string of the molecule is Cc1ccc(-c2ccc(C(O)CCC(=O)O)cc2)c([N+](=O)[O-])c1. The molecule has 2 N–H and O–H groups in total. The summed E-state index contributed by atoms with van der Waals surface area (Å²) in [6.07, 6.45) is -0.862. The zero-order valence-corrected chi connectivity index (χ0v) is 12.6. The van der Waals surface area contributed by atoms with Crippen LogP contribution in [0.2, 0.25) is 0 Å². The first-order valence-electron chi connectivity index (χ1n) is 7.13. The molecule has 0 aliphatic heterocycles. The lowest BCUT2D eigenvalue weighted by atomic mass is 9.98. The van der Waals surface area contributed by atoms with E-state index in [9.17, 15) is 20.0 Å². The number of aliphatic hydroxyl groups is 1. The molecule has 0 bridgehead atoms. The Morgan fingerprint density at radius 2 is 1.87 bits per heavy atom. The van der Waals surface area contributed by atoms with Crippen molar-refractivity contribution in [2.45, 2.75) is 25.9 Å². The zero-order valence-electron chi connectivity index (χ0n) is 12.6. The minimum atomic E-state index is -0.962. The Bertz CT molecular complexity index is 724. The third-order valence-corrected chi connectivity index (χ3v) is 3.59. The van der Waals surface area contributed by atoms with Crippen LogP contribution in [0.3, 0.4) is 0 Å². The van der Waals surface area contributed by atoms with Crippen LogP contribution in [0.15, 0.2) is 42.5 Å². The Balaban J connectivity index is 2.26. The van der Waals surface area contributed by atoms with Crippen molar-refractivity contribution in [3.63, 3.8) is 0 Å². The molecule has 120 valence electrons. The largest absolute Gasteiger partial charge is 0.481 e. The molecule has 0 heterocycles. The predicted molar refractivity (Wildman–Crippen MR) is 85.1 cm³/mol. The maximum absolute atomic E-state index is 11.2. The van der Waals surface area contributed by atoms with E-state index in [0.29, 0.717) is 16.7 Å². The normalized spacial score (nSPS) is 11.9. The Morgan fingerprint density at radius 1 is 1.22 bits per heavy atom. The molecule has 0 fully saturated rings. The second-order valence-corrected chi connectivity index (χ2v) is 5.35. The Morgan fingerprint density at radius 3 is 2.43 bits per heavy atom. The fraction of sp³-hybridized carbons (Fsp3) is 0.235. The highest BCUT2D eigenvalue weighted by molar-refractivity contribution is 5.74. The first-order valence-corrected chi connectivity index (χ1v) is 7.13. The minimum absolute atomic E-state index is 0.0316. The summed E-state index contributed by atoms with van der Waals surface area (Å²) in [5.41, 5.74) is 2.60. The Labute approximate surface area is 133 Å². The smallest absolute Gasteiger partial charge is 0.303 e. The van der Waals surface area contributed by atoms with Crippen LogP contribution in [0.4, 0.5) is 5.69 Å². The van der Waals surface area contributed by atoms with Gasteiger partial charge in [-0.2, -0.15) is 0 Å². The van der Waals surface area contributed by atoms with E-state index in [2.05, 4.69) is 0 Å². The molecule has 6 nitrogen and oxygen atoms in total. The van der Waals surface area contributed by atoms with Gasteiger partial charge in [0, 0.05) is 12.5 Å². The van der Waals surface area contributed by atoms with Crippen molar-refractivity contribution in [1.29, 1.82) is 0 Å². The van der Waals surface area contributed by atoms with Crippen LogP contribution in [0.5, 0.6) is 0 Å². The van der Waals surface area contributed by atoms with Gasteiger partial charge < -0.3 is 10.2 Å². The fourth-order valence-corrected chi connectivity index (χ4v) is 2.35. The van der Waals surface area contributed by atoms with Gasteiger partial charge in [0.15, 0.2) is 0 Å². The number of aliphatic hydroxyl groups excluding tert-OH is 1. The van der Waals surface area contributed by atoms with E-state index < -0.39 is 17.0 Å². The van der Waals surface area contributed by atoms with Crippen LogP contribution in [-0.2, 0) is 4.79 Å². The summed E-state index contributed by atoms with van der Waals surface area (Å²) in [7, 11) is 0. The maximum Gasteiger partial charge on any atom is 0.303 e. The number of carboxylic acids is 1. The van der Waals surface area contributed by atoms with Gasteiger partial charge >= 0.3 is 5.97 Å². The third-order valence-electron chi connectivity index (χ3n) is 3.59. The number of carbonyl (C=O) groups is 1. The number of nitro benzene ring substituents is 1. The number of aliphatic carboxylic acids is 1. The second-order valence-electron chi connectivity index (χ2n) is 5.35. The highest BCUT2D eigenvalue weighted by Gasteiger charge is 2.16. The van der Waals surface area contributed by atoms with E-state index >= 15 is 0 Å². The molecule has 23 heavy (non-hydrogen) atoms. The van der Waals surface area contributed by atoms with Gasteiger partial charge in [-0.15, -0.1) is 0 Å². The van der Waals surface area contributed by atoms with Crippen molar-refractivity contribution >= 4 is 11.7 Å². The number of hydrogen-bond acceptors (Lipinski definition) is 4. The number of rotatable bonds is 6. The lowest BCUT2D eigenvalue weighted by Gasteiger charge is -2.11. The number of aryl methyl sites for hydroxylation is 1. The lowest BCUT2D eigenvalue weighted by Crippen LogP contribution is -2.02. The van der Waals surface area contributed by atoms with Crippen molar-refractivity contribution < 1.29 is 19.9 Å². The molecule has 0 saturated heterocycles. The van der Waals surface area contributed by atoms with E-state index in [1.165, 1.54) is 6.07 Å². The van der Waals surface area contributed by atoms with Gasteiger partial charge in [-0.1, -0.05) is 30.3 Å². The van der Waals surface area contributed by atoms with E-state index in [1.54, 1.807) is 43.3 Å². The minimum Gasteiger partial charge on any atom is -0.481 e. The monoisotopic (exact) mass is 315 g/mol. The quantitative estimate of drug-likeness (QED) is 0.628. The summed E-state index contributed by atoms with van der Waals surface area (Å²) in [6.45, 7) is 1.79. The van der Waals surface area contributed by atoms with E-state index in [4.69, 9.17) is 5.11 Å². The van der Waals surface area contributed by atoms with Crippen molar-refractivity contribution in [2.75, 3.05) is 0 Å². The van der Waals surface area contributed by atoms with Crippen molar-refractivity contribution in [1.82, 2.24) is 0 Å². The number of nitrogens with zero attached hydrogens (tertiary/aromatic N) is 1. The molecular weight excluding hydrogens is 298 g/mol. The molecule has 0 spiro atoms. The van der Waals surface area contributed by atoms with Crippen molar-refractivity contribution in [3.05, 3.63) is 63.7 Å². The third kappa shape index (κ3) is 4.14. The summed E-state index contributed by atoms with van der Waals surface area (Å²) in [4.78, 5) is 21.3. The summed E-state index contributed by atoms with van der Waals surface area (Å²) >= 11 is 0. The topological polar surface area (TPSA) is 101 Å². The number of benzene rings is 2. The van der Waals surface area contributed by atoms with Crippen LogP contribution in [-0.4, -0.2) is 21.1 Å².